The van der Waals surface area contributed by atoms with Crippen molar-refractivity contribution in [1.82, 2.24) is 15.1 Å². The number of nitrogens with one attached hydrogen (secondary N) is 1. The van der Waals surface area contributed by atoms with Gasteiger partial charge in [0.25, 0.3) is 5.91 Å². The molecular weight excluding hydrogens is 478 g/mol. The molecule has 4 amide bonds. The number of urea groups is 1. The molecule has 0 aliphatic carbocycles. The first-order valence-corrected chi connectivity index (χ1v) is 11.2. The Bertz CT molecular complexity index is 933. The van der Waals surface area contributed by atoms with Gasteiger partial charge < -0.3 is 10.2 Å². The van der Waals surface area contributed by atoms with Gasteiger partial charge in [0.1, 0.15) is 12.1 Å². The zero-order valence-electron chi connectivity index (χ0n) is 16.1. The van der Waals surface area contributed by atoms with Gasteiger partial charge in [-0.1, -0.05) is 30.7 Å². The SMILES string of the molecule is CCN(Cc1ccc(Br)s1)C(=O)CN1C(=O)NC(CC)(c2ccc(Cl)cc2)C1=O. The Kier molecular flexibility index (Phi) is 6.65. The van der Waals surface area contributed by atoms with Gasteiger partial charge in [-0.3, -0.25) is 14.5 Å². The Balaban J connectivity index is 1.78. The van der Waals surface area contributed by atoms with Crippen LogP contribution < -0.4 is 5.32 Å². The van der Waals surface area contributed by atoms with Crippen LogP contribution in [0.5, 0.6) is 0 Å². The number of rotatable bonds is 7. The summed E-state index contributed by atoms with van der Waals surface area (Å²) in [5.41, 5.74) is -0.536. The summed E-state index contributed by atoms with van der Waals surface area (Å²) in [5, 5.41) is 3.33. The fraction of sp³-hybridized carbons (Fsp3) is 0.350. The zero-order chi connectivity index (χ0) is 21.2. The molecular formula is C20H21BrClN3O3S. The lowest BCUT2D eigenvalue weighted by Gasteiger charge is -2.26. The Morgan fingerprint density at radius 3 is 2.45 bits per heavy atom. The minimum Gasteiger partial charge on any atom is -0.336 e. The van der Waals surface area contributed by atoms with E-state index in [4.69, 9.17) is 11.6 Å². The molecule has 1 aromatic heterocycles. The maximum Gasteiger partial charge on any atom is 0.325 e. The number of hydrogen-bond acceptors (Lipinski definition) is 4. The largest absolute Gasteiger partial charge is 0.336 e. The van der Waals surface area contributed by atoms with Crippen LogP contribution in [0.15, 0.2) is 40.2 Å². The summed E-state index contributed by atoms with van der Waals surface area (Å²) in [6.45, 7) is 4.32. The fourth-order valence-corrected chi connectivity index (χ4v) is 5.00. The van der Waals surface area contributed by atoms with Crippen LogP contribution in [-0.2, 0) is 21.7 Å². The van der Waals surface area contributed by atoms with E-state index in [-0.39, 0.29) is 12.5 Å². The third-order valence-electron chi connectivity index (χ3n) is 5.05. The highest BCUT2D eigenvalue weighted by Gasteiger charge is 2.51. The predicted octanol–water partition coefficient (Wildman–Crippen LogP) is 4.37. The topological polar surface area (TPSA) is 69.7 Å². The summed E-state index contributed by atoms with van der Waals surface area (Å²) in [5.74, 6) is -0.695. The lowest BCUT2D eigenvalue weighted by atomic mass is 9.87. The predicted molar refractivity (Wildman–Crippen MR) is 117 cm³/mol. The van der Waals surface area contributed by atoms with Gasteiger partial charge in [-0.2, -0.15) is 0 Å². The van der Waals surface area contributed by atoms with Crippen LogP contribution in [-0.4, -0.2) is 40.7 Å². The fourth-order valence-electron chi connectivity index (χ4n) is 3.38. The summed E-state index contributed by atoms with van der Waals surface area (Å²) in [7, 11) is 0. The number of thiophene rings is 1. The van der Waals surface area contributed by atoms with Gasteiger partial charge in [0, 0.05) is 16.4 Å². The van der Waals surface area contributed by atoms with E-state index in [9.17, 15) is 14.4 Å². The highest BCUT2D eigenvalue weighted by Crippen LogP contribution is 2.33. The first-order chi connectivity index (χ1) is 13.8. The van der Waals surface area contributed by atoms with Crippen LogP contribution in [0.3, 0.4) is 0 Å². The molecule has 1 N–H and O–H groups in total. The molecule has 1 aromatic carbocycles. The van der Waals surface area contributed by atoms with E-state index in [2.05, 4.69) is 21.2 Å². The zero-order valence-corrected chi connectivity index (χ0v) is 19.2. The van der Waals surface area contributed by atoms with Crippen LogP contribution in [0, 0.1) is 0 Å². The third kappa shape index (κ3) is 4.34. The van der Waals surface area contributed by atoms with E-state index in [0.717, 1.165) is 13.6 Å². The van der Waals surface area contributed by atoms with Crippen LogP contribution in [0.4, 0.5) is 4.79 Å². The second-order valence-corrected chi connectivity index (χ2v) is 9.68. The molecule has 154 valence electrons. The molecule has 2 heterocycles. The van der Waals surface area contributed by atoms with Gasteiger partial charge in [-0.05, 0) is 59.1 Å². The average molecular weight is 499 g/mol. The molecule has 1 fully saturated rings. The molecule has 0 bridgehead atoms. The second-order valence-electron chi connectivity index (χ2n) is 6.70. The summed E-state index contributed by atoms with van der Waals surface area (Å²) in [6.07, 6.45) is 0.366. The molecule has 1 aliphatic rings. The number of nitrogens with zero attached hydrogens (tertiary/aromatic N) is 2. The Morgan fingerprint density at radius 2 is 1.90 bits per heavy atom. The van der Waals surface area contributed by atoms with Crippen molar-refractivity contribution >= 4 is 56.7 Å². The van der Waals surface area contributed by atoms with Crippen molar-refractivity contribution in [2.75, 3.05) is 13.1 Å². The van der Waals surface area contributed by atoms with Crippen LogP contribution in [0.1, 0.15) is 30.7 Å². The minimum atomic E-state index is -1.18. The monoisotopic (exact) mass is 497 g/mol. The molecule has 0 saturated carbocycles. The summed E-state index contributed by atoms with van der Waals surface area (Å²) < 4.78 is 0.987. The molecule has 1 unspecified atom stereocenters. The van der Waals surface area contributed by atoms with E-state index >= 15 is 0 Å². The van der Waals surface area contributed by atoms with Gasteiger partial charge >= 0.3 is 6.03 Å². The number of carbonyl (C=O) groups excluding carboxylic acids is 3. The normalized spacial score (nSPS) is 18.8. The van der Waals surface area contributed by atoms with E-state index in [1.807, 2.05) is 26.0 Å². The van der Waals surface area contributed by atoms with Crippen molar-refractivity contribution in [3.05, 3.63) is 55.6 Å². The van der Waals surface area contributed by atoms with E-state index in [1.165, 1.54) is 0 Å². The van der Waals surface area contributed by atoms with E-state index < -0.39 is 17.5 Å². The maximum atomic E-state index is 13.2. The number of benzene rings is 1. The van der Waals surface area contributed by atoms with Gasteiger partial charge in [-0.15, -0.1) is 11.3 Å². The molecule has 0 spiro atoms. The first-order valence-electron chi connectivity index (χ1n) is 9.23. The van der Waals surface area contributed by atoms with Crippen molar-refractivity contribution in [2.24, 2.45) is 0 Å². The highest BCUT2D eigenvalue weighted by atomic mass is 79.9. The quantitative estimate of drug-likeness (QED) is 0.576. The Morgan fingerprint density at radius 1 is 1.21 bits per heavy atom. The molecule has 6 nitrogen and oxygen atoms in total. The molecule has 2 aromatic rings. The standard InChI is InChI=1S/C20H21BrClN3O3S/c1-3-20(13-5-7-14(22)8-6-13)18(27)25(19(28)23-20)12-17(26)24(4-2)11-15-9-10-16(21)29-15/h5-10H,3-4,11-12H2,1-2H3,(H,23,28). The van der Waals surface area contributed by atoms with Crippen molar-refractivity contribution < 1.29 is 14.4 Å². The summed E-state index contributed by atoms with van der Waals surface area (Å²) in [6, 6.07) is 10.1. The molecule has 1 atom stereocenters. The van der Waals surface area contributed by atoms with E-state index in [1.54, 1.807) is 40.5 Å². The minimum absolute atomic E-state index is 0.275. The number of halogens is 2. The second kappa shape index (κ2) is 8.85. The first kappa shape index (κ1) is 21.8. The molecule has 3 rings (SSSR count). The van der Waals surface area contributed by atoms with Crippen molar-refractivity contribution in [1.29, 1.82) is 0 Å². The van der Waals surface area contributed by atoms with Crippen LogP contribution in [0.2, 0.25) is 5.02 Å². The molecule has 1 aliphatic heterocycles. The smallest absolute Gasteiger partial charge is 0.325 e. The third-order valence-corrected chi connectivity index (χ3v) is 6.91. The highest BCUT2D eigenvalue weighted by molar-refractivity contribution is 9.11. The van der Waals surface area contributed by atoms with Crippen molar-refractivity contribution in [3.8, 4) is 0 Å². The summed E-state index contributed by atoms with van der Waals surface area (Å²) in [4.78, 5) is 42.3. The number of hydrogen-bond donors (Lipinski definition) is 1. The van der Waals surface area contributed by atoms with Gasteiger partial charge in [0.2, 0.25) is 5.91 Å². The summed E-state index contributed by atoms with van der Waals surface area (Å²) >= 11 is 10.9. The van der Waals surface area contributed by atoms with Crippen LogP contribution in [0.25, 0.3) is 0 Å². The van der Waals surface area contributed by atoms with Crippen molar-refractivity contribution in [3.63, 3.8) is 0 Å². The van der Waals surface area contributed by atoms with Gasteiger partial charge in [0.15, 0.2) is 0 Å². The number of likely N-dealkylation sites (N-methyl/N-ethyl adjacent to an activating group) is 1. The average Bonchev–Trinajstić information content (AvgIpc) is 3.22. The number of amides is 4. The molecule has 0 radical (unpaired) electrons. The Hall–Kier alpha value is -1.90. The molecule has 29 heavy (non-hydrogen) atoms. The molecule has 1 saturated heterocycles. The number of carbonyl (C=O) groups is 3. The van der Waals surface area contributed by atoms with Gasteiger partial charge in [-0.25, -0.2) is 4.79 Å². The maximum absolute atomic E-state index is 13.2. The number of imide groups is 1. The lowest BCUT2D eigenvalue weighted by molar-refractivity contribution is -0.139. The van der Waals surface area contributed by atoms with E-state index in [0.29, 0.717) is 30.1 Å². The van der Waals surface area contributed by atoms with Gasteiger partial charge in [0.05, 0.1) is 10.3 Å². The lowest BCUT2D eigenvalue weighted by Crippen LogP contribution is -2.45. The Labute approximate surface area is 186 Å². The molecule has 9 heteroatoms. The van der Waals surface area contributed by atoms with Crippen LogP contribution >= 0.6 is 38.9 Å². The van der Waals surface area contributed by atoms with Crippen molar-refractivity contribution in [2.45, 2.75) is 32.4 Å².